The zero-order valence-electron chi connectivity index (χ0n) is 15.1. The van der Waals surface area contributed by atoms with Gasteiger partial charge in [-0.25, -0.2) is 4.98 Å². The second-order valence-corrected chi connectivity index (χ2v) is 6.89. The van der Waals surface area contributed by atoms with Crippen LogP contribution in [0.1, 0.15) is 33.9 Å². The second-order valence-electron chi connectivity index (χ2n) is 5.93. The zero-order chi connectivity index (χ0) is 20.2. The molecule has 6 nitrogen and oxygen atoms in total. The zero-order valence-corrected chi connectivity index (χ0v) is 16.0. The molecule has 2 aromatic heterocycles. The average Bonchev–Trinajstić information content (AvgIpc) is 2.87. The first-order valence-corrected chi connectivity index (χ1v) is 9.12. The summed E-state index contributed by atoms with van der Waals surface area (Å²) in [4.78, 5) is 29.5. The van der Waals surface area contributed by atoms with Crippen LogP contribution in [0.2, 0.25) is 0 Å². The van der Waals surface area contributed by atoms with Crippen LogP contribution in [-0.4, -0.2) is 39.8 Å². The van der Waals surface area contributed by atoms with E-state index in [1.54, 1.807) is 13.2 Å². The van der Waals surface area contributed by atoms with Gasteiger partial charge in [0.25, 0.3) is 5.56 Å². The van der Waals surface area contributed by atoms with E-state index in [1.165, 1.54) is 0 Å². The van der Waals surface area contributed by atoms with Crippen LogP contribution in [-0.2, 0) is 17.5 Å². The topological polar surface area (TPSA) is 77.0 Å². The largest absolute Gasteiger partial charge is 0.433 e. The van der Waals surface area contributed by atoms with Crippen LogP contribution in [0.15, 0.2) is 22.1 Å². The van der Waals surface area contributed by atoms with E-state index >= 15 is 0 Å². The molecule has 0 unspecified atom stereocenters. The number of aromatic amines is 1. The Labute approximate surface area is 158 Å². The SMILES string of the molecule is COCCCn1c(C)cc(C(=O)CSc2nc(C(F)(F)F)cc(=O)[nH]2)c1C. The fourth-order valence-corrected chi connectivity index (χ4v) is 3.41. The van der Waals surface area contributed by atoms with Crippen molar-refractivity contribution in [2.24, 2.45) is 0 Å². The number of ketones is 1. The maximum absolute atomic E-state index is 12.7. The molecule has 0 saturated heterocycles. The van der Waals surface area contributed by atoms with E-state index in [-0.39, 0.29) is 16.7 Å². The lowest BCUT2D eigenvalue weighted by Gasteiger charge is -2.09. The van der Waals surface area contributed by atoms with Crippen LogP contribution in [0.3, 0.4) is 0 Å². The Hall–Kier alpha value is -2.07. The van der Waals surface area contributed by atoms with Gasteiger partial charge in [-0.05, 0) is 26.3 Å². The highest BCUT2D eigenvalue weighted by Gasteiger charge is 2.33. The number of nitrogens with zero attached hydrogens (tertiary/aromatic N) is 2. The molecule has 0 aliphatic rings. The molecule has 0 aliphatic heterocycles. The van der Waals surface area contributed by atoms with Gasteiger partial charge in [0, 0.05) is 43.3 Å². The summed E-state index contributed by atoms with van der Waals surface area (Å²) >= 11 is 0.768. The van der Waals surface area contributed by atoms with Crippen molar-refractivity contribution in [1.29, 1.82) is 0 Å². The average molecular weight is 403 g/mol. The predicted molar refractivity (Wildman–Crippen MR) is 95.3 cm³/mol. The van der Waals surface area contributed by atoms with Gasteiger partial charge in [0.2, 0.25) is 0 Å². The first-order valence-electron chi connectivity index (χ1n) is 8.13. The smallest absolute Gasteiger partial charge is 0.385 e. The number of hydrogen-bond donors (Lipinski definition) is 1. The molecule has 0 radical (unpaired) electrons. The number of carbonyl (C=O) groups is 1. The lowest BCUT2D eigenvalue weighted by atomic mass is 10.2. The molecule has 0 bridgehead atoms. The quantitative estimate of drug-likeness (QED) is 0.317. The highest BCUT2D eigenvalue weighted by molar-refractivity contribution is 7.99. The van der Waals surface area contributed by atoms with E-state index in [9.17, 15) is 22.8 Å². The summed E-state index contributed by atoms with van der Waals surface area (Å²) < 4.78 is 45.2. The number of carbonyl (C=O) groups excluding carboxylic acids is 1. The highest BCUT2D eigenvalue weighted by Crippen LogP contribution is 2.28. The molecular weight excluding hydrogens is 383 g/mol. The van der Waals surface area contributed by atoms with Gasteiger partial charge in [0.05, 0.1) is 5.75 Å². The number of nitrogens with one attached hydrogen (secondary N) is 1. The molecule has 0 spiro atoms. The Morgan fingerprint density at radius 2 is 2.04 bits per heavy atom. The van der Waals surface area contributed by atoms with Gasteiger partial charge in [-0.2, -0.15) is 13.2 Å². The second kappa shape index (κ2) is 8.75. The maximum atomic E-state index is 12.7. The molecule has 0 aromatic carbocycles. The normalized spacial score (nSPS) is 11.8. The van der Waals surface area contributed by atoms with Gasteiger partial charge in [-0.3, -0.25) is 9.59 Å². The number of aryl methyl sites for hydroxylation is 1. The minimum atomic E-state index is -4.72. The Balaban J connectivity index is 2.12. The molecular formula is C17H20F3N3O3S. The third kappa shape index (κ3) is 5.46. The van der Waals surface area contributed by atoms with Gasteiger partial charge in [0.15, 0.2) is 16.6 Å². The van der Waals surface area contributed by atoms with Crippen LogP contribution < -0.4 is 5.56 Å². The summed E-state index contributed by atoms with van der Waals surface area (Å²) in [6, 6.07) is 2.15. The summed E-state index contributed by atoms with van der Waals surface area (Å²) in [5.74, 6) is -0.377. The van der Waals surface area contributed by atoms with Crippen molar-refractivity contribution in [2.75, 3.05) is 19.5 Å². The van der Waals surface area contributed by atoms with Crippen molar-refractivity contribution in [3.63, 3.8) is 0 Å². The monoisotopic (exact) mass is 403 g/mol. The van der Waals surface area contributed by atoms with Crippen LogP contribution in [0, 0.1) is 13.8 Å². The number of rotatable bonds is 8. The Bertz CT molecular complexity index is 875. The first kappa shape index (κ1) is 21.2. The number of aromatic nitrogens is 3. The first-order chi connectivity index (χ1) is 12.6. The number of ether oxygens (including phenoxy) is 1. The molecule has 0 amide bonds. The number of Topliss-reactive ketones (excluding diaryl/α,β-unsaturated/α-hetero) is 1. The van der Waals surface area contributed by atoms with E-state index in [0.29, 0.717) is 24.8 Å². The van der Waals surface area contributed by atoms with Crippen molar-refractivity contribution >= 4 is 17.5 Å². The third-order valence-electron chi connectivity index (χ3n) is 3.95. The fraction of sp³-hybridized carbons (Fsp3) is 0.471. The van der Waals surface area contributed by atoms with Crippen LogP contribution in [0.5, 0.6) is 0 Å². The number of hydrogen-bond acceptors (Lipinski definition) is 5. The summed E-state index contributed by atoms with van der Waals surface area (Å²) in [6.45, 7) is 5.01. The maximum Gasteiger partial charge on any atom is 0.433 e. The van der Waals surface area contributed by atoms with Crippen molar-refractivity contribution in [2.45, 2.75) is 38.1 Å². The molecule has 0 aliphatic carbocycles. The molecule has 2 heterocycles. The Morgan fingerprint density at radius 1 is 1.33 bits per heavy atom. The van der Waals surface area contributed by atoms with Crippen LogP contribution in [0.4, 0.5) is 13.2 Å². The molecule has 0 atom stereocenters. The summed E-state index contributed by atoms with van der Waals surface area (Å²) in [5.41, 5.74) is 0.0232. The fourth-order valence-electron chi connectivity index (χ4n) is 2.66. The van der Waals surface area contributed by atoms with E-state index in [2.05, 4.69) is 9.97 Å². The third-order valence-corrected chi connectivity index (χ3v) is 4.83. The highest BCUT2D eigenvalue weighted by atomic mass is 32.2. The van der Waals surface area contributed by atoms with Crippen molar-refractivity contribution < 1.29 is 22.7 Å². The lowest BCUT2D eigenvalue weighted by Crippen LogP contribution is -2.17. The van der Waals surface area contributed by atoms with E-state index in [0.717, 1.165) is 29.6 Å². The van der Waals surface area contributed by atoms with Gasteiger partial charge < -0.3 is 14.3 Å². The number of alkyl halides is 3. The van der Waals surface area contributed by atoms with E-state index in [1.807, 2.05) is 18.4 Å². The lowest BCUT2D eigenvalue weighted by molar-refractivity contribution is -0.141. The minimum absolute atomic E-state index is 0.132. The molecule has 0 fully saturated rings. The van der Waals surface area contributed by atoms with Gasteiger partial charge in [-0.15, -0.1) is 0 Å². The predicted octanol–water partition coefficient (Wildman–Crippen LogP) is 3.22. The molecule has 2 aromatic rings. The van der Waals surface area contributed by atoms with Gasteiger partial charge >= 0.3 is 6.18 Å². The number of thioether (sulfide) groups is 1. The number of H-pyrrole nitrogens is 1. The van der Waals surface area contributed by atoms with E-state index < -0.39 is 17.4 Å². The van der Waals surface area contributed by atoms with Gasteiger partial charge in [-0.1, -0.05) is 11.8 Å². The van der Waals surface area contributed by atoms with E-state index in [4.69, 9.17) is 4.74 Å². The molecule has 148 valence electrons. The number of halogens is 3. The summed E-state index contributed by atoms with van der Waals surface area (Å²) in [6.07, 6.45) is -3.93. The molecule has 27 heavy (non-hydrogen) atoms. The van der Waals surface area contributed by atoms with Gasteiger partial charge in [0.1, 0.15) is 0 Å². The van der Waals surface area contributed by atoms with Crippen LogP contribution in [0.25, 0.3) is 0 Å². The van der Waals surface area contributed by atoms with Crippen molar-refractivity contribution in [1.82, 2.24) is 14.5 Å². The molecule has 10 heteroatoms. The van der Waals surface area contributed by atoms with Crippen molar-refractivity contribution in [3.05, 3.63) is 45.1 Å². The van der Waals surface area contributed by atoms with Crippen LogP contribution >= 0.6 is 11.8 Å². The standard InChI is InChI=1S/C17H20F3N3O3S/c1-10-7-12(11(2)23(10)5-4-6-26-3)13(24)9-27-16-21-14(17(18,19)20)8-15(25)22-16/h7-8H,4-6,9H2,1-3H3,(H,21,22,25). The minimum Gasteiger partial charge on any atom is -0.385 e. The summed E-state index contributed by atoms with van der Waals surface area (Å²) in [5, 5.41) is -0.239. The molecule has 2 rings (SSSR count). The molecule has 1 N–H and O–H groups in total. The molecule has 0 saturated carbocycles. The van der Waals surface area contributed by atoms with Crippen molar-refractivity contribution in [3.8, 4) is 0 Å². The Morgan fingerprint density at radius 3 is 2.67 bits per heavy atom. The summed E-state index contributed by atoms with van der Waals surface area (Å²) in [7, 11) is 1.62. The Kier molecular flexibility index (Phi) is 6.88. The number of methoxy groups -OCH3 is 1.